The number of benzene rings is 1. The molecular formula is C16H22O4S. The van der Waals surface area contributed by atoms with Gasteiger partial charge in [-0.05, 0) is 37.8 Å². The molecule has 1 aliphatic carbocycles. The molecule has 0 spiro atoms. The van der Waals surface area contributed by atoms with E-state index in [1.165, 1.54) is 6.26 Å². The molecule has 0 saturated heterocycles. The number of hydrogen-bond donors (Lipinski definition) is 1. The lowest BCUT2D eigenvalue weighted by atomic mass is 9.78. The highest BCUT2D eigenvalue weighted by Crippen LogP contribution is 2.42. The molecule has 0 unspecified atom stereocenters. The Morgan fingerprint density at radius 3 is 2.00 bits per heavy atom. The Hall–Kier alpha value is -1.36. The Morgan fingerprint density at radius 1 is 1.14 bits per heavy atom. The van der Waals surface area contributed by atoms with Gasteiger partial charge in [0.25, 0.3) is 0 Å². The summed E-state index contributed by atoms with van der Waals surface area (Å²) in [5.74, 6) is -0.782. The zero-order valence-corrected chi connectivity index (χ0v) is 13.5. The summed E-state index contributed by atoms with van der Waals surface area (Å²) in [5, 5.41) is 9.58. The number of aliphatic carboxylic acids is 1. The Labute approximate surface area is 126 Å². The van der Waals surface area contributed by atoms with Crippen LogP contribution in [-0.4, -0.2) is 25.7 Å². The number of carboxylic acids is 1. The highest BCUT2D eigenvalue weighted by molar-refractivity contribution is 7.91. The van der Waals surface area contributed by atoms with E-state index >= 15 is 0 Å². The number of hydrogen-bond acceptors (Lipinski definition) is 3. The number of rotatable bonds is 4. The third-order valence-electron chi connectivity index (χ3n) is 4.93. The highest BCUT2D eigenvalue weighted by Gasteiger charge is 2.43. The van der Waals surface area contributed by atoms with Crippen molar-refractivity contribution in [2.45, 2.75) is 49.7 Å². The van der Waals surface area contributed by atoms with Crippen molar-refractivity contribution in [1.29, 1.82) is 0 Å². The van der Waals surface area contributed by atoms with Crippen LogP contribution in [0.25, 0.3) is 0 Å². The maximum Gasteiger partial charge on any atom is 0.314 e. The fourth-order valence-corrected chi connectivity index (χ4v) is 3.57. The molecule has 1 aromatic carbocycles. The molecule has 5 heteroatoms. The third-order valence-corrected chi connectivity index (χ3v) is 7.02. The molecule has 1 aromatic rings. The van der Waals surface area contributed by atoms with Crippen molar-refractivity contribution < 1.29 is 18.3 Å². The Morgan fingerprint density at radius 2 is 1.62 bits per heavy atom. The van der Waals surface area contributed by atoms with E-state index in [0.717, 1.165) is 18.4 Å². The van der Waals surface area contributed by atoms with Gasteiger partial charge >= 0.3 is 5.97 Å². The number of carboxylic acid groups (broad SMARTS) is 1. The highest BCUT2D eigenvalue weighted by atomic mass is 32.2. The van der Waals surface area contributed by atoms with Gasteiger partial charge in [-0.1, -0.05) is 37.1 Å². The van der Waals surface area contributed by atoms with Gasteiger partial charge < -0.3 is 5.11 Å². The van der Waals surface area contributed by atoms with Gasteiger partial charge in [0.2, 0.25) is 0 Å². The van der Waals surface area contributed by atoms with Crippen molar-refractivity contribution in [1.82, 2.24) is 0 Å². The topological polar surface area (TPSA) is 71.4 Å². The molecule has 0 bridgehead atoms. The Kier molecular flexibility index (Phi) is 3.91. The fourth-order valence-electron chi connectivity index (χ4n) is 3.01. The second kappa shape index (κ2) is 5.13. The van der Waals surface area contributed by atoms with Crippen molar-refractivity contribution in [2.75, 3.05) is 6.26 Å². The predicted octanol–water partition coefficient (Wildman–Crippen LogP) is 2.86. The molecule has 21 heavy (non-hydrogen) atoms. The van der Waals surface area contributed by atoms with E-state index in [2.05, 4.69) is 0 Å². The SMILES string of the molecule is CC(C)(c1ccc(C2(C(=O)O)CCCC2)cc1)S(C)(=O)=O. The van der Waals surface area contributed by atoms with Crippen LogP contribution in [0, 0.1) is 0 Å². The first-order valence-corrected chi connectivity index (χ1v) is 9.04. The van der Waals surface area contributed by atoms with Gasteiger partial charge in [-0.3, -0.25) is 4.79 Å². The second-order valence-electron chi connectivity index (χ2n) is 6.45. The van der Waals surface area contributed by atoms with Crippen molar-refractivity contribution in [3.63, 3.8) is 0 Å². The van der Waals surface area contributed by atoms with Gasteiger partial charge in [-0.15, -0.1) is 0 Å². The molecular weight excluding hydrogens is 288 g/mol. The van der Waals surface area contributed by atoms with Crippen molar-refractivity contribution >= 4 is 15.8 Å². The quantitative estimate of drug-likeness (QED) is 0.928. The predicted molar refractivity (Wildman–Crippen MR) is 82.1 cm³/mol. The first-order valence-electron chi connectivity index (χ1n) is 7.15. The van der Waals surface area contributed by atoms with Crippen LogP contribution in [0.5, 0.6) is 0 Å². The van der Waals surface area contributed by atoms with Crippen LogP contribution in [0.15, 0.2) is 24.3 Å². The van der Waals surface area contributed by atoms with Crippen LogP contribution in [0.4, 0.5) is 0 Å². The van der Waals surface area contributed by atoms with Crippen molar-refractivity contribution in [3.8, 4) is 0 Å². The van der Waals surface area contributed by atoms with Gasteiger partial charge in [0, 0.05) is 6.26 Å². The van der Waals surface area contributed by atoms with E-state index in [1.54, 1.807) is 38.1 Å². The Bertz CT molecular complexity index is 635. The fraction of sp³-hybridized carbons (Fsp3) is 0.562. The summed E-state index contributed by atoms with van der Waals surface area (Å²) in [6.07, 6.45) is 4.36. The zero-order chi connectivity index (χ0) is 15.9. The summed E-state index contributed by atoms with van der Waals surface area (Å²) in [7, 11) is -3.24. The normalized spacial score (nSPS) is 18.6. The largest absolute Gasteiger partial charge is 0.481 e. The average Bonchev–Trinajstić information content (AvgIpc) is 2.88. The van der Waals surface area contributed by atoms with Crippen molar-refractivity contribution in [3.05, 3.63) is 35.4 Å². The van der Waals surface area contributed by atoms with E-state index < -0.39 is 26.0 Å². The standard InChI is InChI=1S/C16H22O4S/c1-15(2,21(3,19)20)12-6-8-13(9-7-12)16(14(17)18)10-4-5-11-16/h6-9H,4-5,10-11H2,1-3H3,(H,17,18). The molecule has 0 aromatic heterocycles. The monoisotopic (exact) mass is 310 g/mol. The van der Waals surface area contributed by atoms with Gasteiger partial charge in [0.15, 0.2) is 9.84 Å². The number of sulfone groups is 1. The molecule has 1 aliphatic rings. The minimum Gasteiger partial charge on any atom is -0.481 e. The van der Waals surface area contributed by atoms with Crippen LogP contribution in [0.3, 0.4) is 0 Å². The molecule has 1 N–H and O–H groups in total. The van der Waals surface area contributed by atoms with Crippen LogP contribution < -0.4 is 0 Å². The molecule has 0 radical (unpaired) electrons. The molecule has 1 fully saturated rings. The van der Waals surface area contributed by atoms with Crippen LogP contribution in [0.1, 0.15) is 50.7 Å². The minimum atomic E-state index is -3.24. The van der Waals surface area contributed by atoms with E-state index in [0.29, 0.717) is 18.4 Å². The smallest absolute Gasteiger partial charge is 0.314 e. The molecule has 0 heterocycles. The maximum absolute atomic E-state index is 11.9. The molecule has 0 aliphatic heterocycles. The summed E-state index contributed by atoms with van der Waals surface area (Å²) >= 11 is 0. The molecule has 0 amide bonds. The zero-order valence-electron chi connectivity index (χ0n) is 12.7. The van der Waals surface area contributed by atoms with Gasteiger partial charge in [0.05, 0.1) is 10.2 Å². The lowest BCUT2D eigenvalue weighted by Gasteiger charge is -2.27. The summed E-state index contributed by atoms with van der Waals surface area (Å²) in [6.45, 7) is 3.33. The van der Waals surface area contributed by atoms with E-state index in [9.17, 15) is 18.3 Å². The maximum atomic E-state index is 11.9. The van der Waals surface area contributed by atoms with Gasteiger partial charge in [-0.2, -0.15) is 0 Å². The van der Waals surface area contributed by atoms with Crippen LogP contribution >= 0.6 is 0 Å². The Balaban J connectivity index is 2.42. The summed E-state index contributed by atoms with van der Waals surface area (Å²) in [4.78, 5) is 11.7. The second-order valence-corrected chi connectivity index (χ2v) is 9.02. The molecule has 2 rings (SSSR count). The summed E-state index contributed by atoms with van der Waals surface area (Å²) in [5.41, 5.74) is 0.668. The third kappa shape index (κ3) is 2.59. The van der Waals surface area contributed by atoms with Crippen LogP contribution in [-0.2, 0) is 24.8 Å². The van der Waals surface area contributed by atoms with Gasteiger partial charge in [-0.25, -0.2) is 8.42 Å². The lowest BCUT2D eigenvalue weighted by Crippen LogP contribution is -2.33. The van der Waals surface area contributed by atoms with E-state index in [1.807, 2.05) is 0 Å². The van der Waals surface area contributed by atoms with E-state index in [4.69, 9.17) is 0 Å². The molecule has 4 nitrogen and oxygen atoms in total. The van der Waals surface area contributed by atoms with Gasteiger partial charge in [0.1, 0.15) is 0 Å². The van der Waals surface area contributed by atoms with Crippen molar-refractivity contribution in [2.24, 2.45) is 0 Å². The van der Waals surface area contributed by atoms with E-state index in [-0.39, 0.29) is 0 Å². The average molecular weight is 310 g/mol. The summed E-state index contributed by atoms with van der Waals surface area (Å²) < 4.78 is 22.8. The number of carbonyl (C=O) groups is 1. The first-order chi connectivity index (χ1) is 9.61. The summed E-state index contributed by atoms with van der Waals surface area (Å²) in [6, 6.07) is 7.06. The molecule has 1 saturated carbocycles. The lowest BCUT2D eigenvalue weighted by molar-refractivity contribution is -0.143. The molecule has 0 atom stereocenters. The first kappa shape index (κ1) is 16.0. The van der Waals surface area contributed by atoms with Crippen LogP contribution in [0.2, 0.25) is 0 Å². The molecule has 116 valence electrons. The minimum absolute atomic E-state index is 0.650.